The fourth-order valence-electron chi connectivity index (χ4n) is 2.87. The van der Waals surface area contributed by atoms with E-state index in [1.165, 1.54) is 12.8 Å². The Labute approximate surface area is 89.6 Å². The number of nitrogens with two attached hydrogens (primary N) is 1. The quantitative estimate of drug-likeness (QED) is 0.622. The second kappa shape index (κ2) is 4.36. The van der Waals surface area contributed by atoms with Gasteiger partial charge in [0, 0.05) is 12.1 Å². The van der Waals surface area contributed by atoms with Gasteiger partial charge in [0.15, 0.2) is 0 Å². The van der Waals surface area contributed by atoms with Gasteiger partial charge in [-0.3, -0.25) is 0 Å². The van der Waals surface area contributed by atoms with Crippen molar-refractivity contribution in [3.63, 3.8) is 0 Å². The van der Waals surface area contributed by atoms with Crippen molar-refractivity contribution in [2.45, 2.75) is 37.8 Å². The van der Waals surface area contributed by atoms with Crippen LogP contribution >= 0.6 is 12.4 Å². The van der Waals surface area contributed by atoms with Crippen molar-refractivity contribution < 1.29 is 9.90 Å². The fraction of sp³-hybridized carbons (Fsp3) is 0.889. The number of hydrogen-bond donors (Lipinski definition) is 3. The first-order valence-electron chi connectivity index (χ1n) is 4.92. The minimum atomic E-state index is -0.903. The second-order valence-electron chi connectivity index (χ2n) is 4.29. The Hall–Kier alpha value is -0.480. The molecule has 0 saturated heterocycles. The van der Waals surface area contributed by atoms with Gasteiger partial charge in [-0.05, 0) is 37.5 Å². The highest BCUT2D eigenvalue weighted by atomic mass is 35.5. The molecule has 0 spiro atoms. The average molecular weight is 221 g/mol. The number of fused-ring (bicyclic) bond motifs is 2. The molecule has 0 aromatic carbocycles. The SMILES string of the molecule is Cl.N[C@@H]1[C@@H]2CC[C@H]1C[C@@H](NC(=O)O)C2. The third-order valence-corrected chi connectivity index (χ3v) is 3.50. The van der Waals surface area contributed by atoms with Crippen LogP contribution in [0.3, 0.4) is 0 Å². The number of amides is 1. The third kappa shape index (κ3) is 2.12. The van der Waals surface area contributed by atoms with Gasteiger partial charge >= 0.3 is 6.09 Å². The summed E-state index contributed by atoms with van der Waals surface area (Å²) in [5, 5.41) is 11.1. The molecule has 2 bridgehead atoms. The molecule has 2 rings (SSSR count). The van der Waals surface area contributed by atoms with Gasteiger partial charge in [-0.25, -0.2) is 4.79 Å². The molecule has 0 aromatic rings. The zero-order chi connectivity index (χ0) is 9.42. The first-order valence-corrected chi connectivity index (χ1v) is 4.92. The van der Waals surface area contributed by atoms with Crippen molar-refractivity contribution >= 4 is 18.5 Å². The molecular formula is C9H17ClN2O2. The Morgan fingerprint density at radius 2 is 1.79 bits per heavy atom. The molecule has 5 heteroatoms. The van der Waals surface area contributed by atoms with Crippen LogP contribution in [-0.2, 0) is 0 Å². The summed E-state index contributed by atoms with van der Waals surface area (Å²) in [5.74, 6) is 1.10. The smallest absolute Gasteiger partial charge is 0.404 e. The lowest BCUT2D eigenvalue weighted by atomic mass is 9.82. The topological polar surface area (TPSA) is 75.3 Å². The summed E-state index contributed by atoms with van der Waals surface area (Å²) in [5.41, 5.74) is 6.00. The van der Waals surface area contributed by atoms with Gasteiger partial charge in [-0.2, -0.15) is 0 Å². The number of carboxylic acid groups (broad SMARTS) is 1. The van der Waals surface area contributed by atoms with Crippen LogP contribution in [0, 0.1) is 11.8 Å². The number of carbonyl (C=O) groups is 1. The number of hydrogen-bond acceptors (Lipinski definition) is 2. The standard InChI is InChI=1S/C9H16N2O2.ClH/c10-8-5-1-2-6(8)4-7(3-5)11-9(12)13;/h5-8,11H,1-4,10H2,(H,12,13);1H/t5-,6+,7+,8-;. The van der Waals surface area contributed by atoms with E-state index in [0.29, 0.717) is 17.9 Å². The summed E-state index contributed by atoms with van der Waals surface area (Å²) in [6, 6.07) is 0.474. The van der Waals surface area contributed by atoms with E-state index in [-0.39, 0.29) is 18.4 Å². The van der Waals surface area contributed by atoms with Crippen molar-refractivity contribution in [2.75, 3.05) is 0 Å². The lowest BCUT2D eigenvalue weighted by molar-refractivity contribution is 0.176. The van der Waals surface area contributed by atoms with Crippen LogP contribution < -0.4 is 11.1 Å². The van der Waals surface area contributed by atoms with Gasteiger partial charge in [0.1, 0.15) is 0 Å². The first-order chi connectivity index (χ1) is 6.16. The van der Waals surface area contributed by atoms with Gasteiger partial charge in [0.05, 0.1) is 0 Å². The molecule has 0 heterocycles. The monoisotopic (exact) mass is 220 g/mol. The molecule has 4 N–H and O–H groups in total. The Bertz CT molecular complexity index is 211. The Morgan fingerprint density at radius 1 is 1.29 bits per heavy atom. The summed E-state index contributed by atoms with van der Waals surface area (Å²) in [4.78, 5) is 10.4. The summed E-state index contributed by atoms with van der Waals surface area (Å²) in [6.45, 7) is 0. The highest BCUT2D eigenvalue weighted by Crippen LogP contribution is 2.41. The third-order valence-electron chi connectivity index (χ3n) is 3.50. The van der Waals surface area contributed by atoms with E-state index in [1.807, 2.05) is 0 Å². The summed E-state index contributed by atoms with van der Waals surface area (Å²) < 4.78 is 0. The van der Waals surface area contributed by atoms with E-state index in [2.05, 4.69) is 5.32 Å². The molecule has 82 valence electrons. The minimum absolute atomic E-state index is 0. The van der Waals surface area contributed by atoms with Gasteiger partial charge < -0.3 is 16.2 Å². The van der Waals surface area contributed by atoms with Crippen molar-refractivity contribution in [1.82, 2.24) is 5.32 Å². The number of nitrogens with one attached hydrogen (secondary N) is 1. The Morgan fingerprint density at radius 3 is 2.21 bits per heavy atom. The Kier molecular flexibility index (Phi) is 3.61. The van der Waals surface area contributed by atoms with E-state index < -0.39 is 6.09 Å². The molecule has 2 saturated carbocycles. The summed E-state index contributed by atoms with van der Waals surface area (Å²) >= 11 is 0. The highest BCUT2D eigenvalue weighted by Gasteiger charge is 2.40. The number of halogens is 1. The molecule has 1 amide bonds. The van der Waals surface area contributed by atoms with E-state index in [1.54, 1.807) is 0 Å². The van der Waals surface area contributed by atoms with Crippen molar-refractivity contribution in [3.05, 3.63) is 0 Å². The second-order valence-corrected chi connectivity index (χ2v) is 4.29. The molecule has 4 nitrogen and oxygen atoms in total. The van der Waals surface area contributed by atoms with E-state index in [9.17, 15) is 4.79 Å². The van der Waals surface area contributed by atoms with Gasteiger partial charge in [-0.1, -0.05) is 0 Å². The molecule has 2 aliphatic carbocycles. The zero-order valence-corrected chi connectivity index (χ0v) is 8.80. The molecule has 2 fully saturated rings. The number of rotatable bonds is 1. The maximum Gasteiger partial charge on any atom is 0.404 e. The summed E-state index contributed by atoms with van der Waals surface area (Å²) in [6.07, 6.45) is 3.33. The van der Waals surface area contributed by atoms with Crippen LogP contribution in [0.5, 0.6) is 0 Å². The lowest BCUT2D eigenvalue weighted by Gasteiger charge is -2.32. The Balaban J connectivity index is 0.000000980. The van der Waals surface area contributed by atoms with E-state index >= 15 is 0 Å². The zero-order valence-electron chi connectivity index (χ0n) is 7.98. The van der Waals surface area contributed by atoms with Crippen molar-refractivity contribution in [2.24, 2.45) is 17.6 Å². The van der Waals surface area contributed by atoms with E-state index in [4.69, 9.17) is 10.8 Å². The minimum Gasteiger partial charge on any atom is -0.465 e. The van der Waals surface area contributed by atoms with Crippen LogP contribution in [0.25, 0.3) is 0 Å². The molecule has 0 unspecified atom stereocenters. The maximum absolute atomic E-state index is 10.4. The van der Waals surface area contributed by atoms with Gasteiger partial charge in [-0.15, -0.1) is 12.4 Å². The molecule has 2 aliphatic rings. The van der Waals surface area contributed by atoms with Crippen LogP contribution in [0.1, 0.15) is 25.7 Å². The molecular weight excluding hydrogens is 204 g/mol. The van der Waals surface area contributed by atoms with Gasteiger partial charge in [0.25, 0.3) is 0 Å². The van der Waals surface area contributed by atoms with Crippen LogP contribution in [-0.4, -0.2) is 23.3 Å². The molecule has 14 heavy (non-hydrogen) atoms. The average Bonchev–Trinajstić information content (AvgIpc) is 2.33. The largest absolute Gasteiger partial charge is 0.465 e. The fourth-order valence-corrected chi connectivity index (χ4v) is 2.87. The predicted octanol–water partition coefficient (Wildman–Crippen LogP) is 1.19. The van der Waals surface area contributed by atoms with Crippen molar-refractivity contribution in [1.29, 1.82) is 0 Å². The van der Waals surface area contributed by atoms with Crippen LogP contribution in [0.4, 0.5) is 4.79 Å². The highest BCUT2D eigenvalue weighted by molar-refractivity contribution is 5.85. The molecule has 0 aromatic heterocycles. The van der Waals surface area contributed by atoms with Crippen LogP contribution in [0.15, 0.2) is 0 Å². The normalized spacial score (nSPS) is 40.1. The van der Waals surface area contributed by atoms with E-state index in [0.717, 1.165) is 12.8 Å². The molecule has 4 atom stereocenters. The lowest BCUT2D eigenvalue weighted by Crippen LogP contribution is -2.46. The molecule has 0 radical (unpaired) electrons. The van der Waals surface area contributed by atoms with Crippen LogP contribution in [0.2, 0.25) is 0 Å². The van der Waals surface area contributed by atoms with Crippen molar-refractivity contribution in [3.8, 4) is 0 Å². The summed E-state index contributed by atoms with van der Waals surface area (Å²) in [7, 11) is 0. The van der Waals surface area contributed by atoms with Gasteiger partial charge in [0.2, 0.25) is 0 Å². The first kappa shape index (κ1) is 11.6. The molecule has 0 aliphatic heterocycles. The maximum atomic E-state index is 10.4. The predicted molar refractivity (Wildman–Crippen MR) is 55.6 cm³/mol.